The number of carbonyl (C=O) groups excluding carboxylic acids is 2. The van der Waals surface area contributed by atoms with E-state index in [0.717, 1.165) is 86.9 Å². The number of fused-ring (bicyclic) bond motifs is 3. The van der Waals surface area contributed by atoms with Gasteiger partial charge in [-0.1, -0.05) is 61.7 Å². The Bertz CT molecular complexity index is 2910. The second kappa shape index (κ2) is 15.0. The van der Waals surface area contributed by atoms with Gasteiger partial charge in [0.05, 0.1) is 33.3 Å². The fourth-order valence-corrected chi connectivity index (χ4v) is 8.39. The SMILES string of the molecule is CC(=O)Nc1ccc(-c2ccc3cc(-c4nc5c(-c6ccc7ncccc7c6)c(C(=O)O)c(-c6ccc(NC(C)=O)cc6)cc5n4C4CCCCC4)ccc3n2)cc1. The molecule has 1 fully saturated rings. The van der Waals surface area contributed by atoms with E-state index in [4.69, 9.17) is 9.97 Å². The number of benzene rings is 5. The van der Waals surface area contributed by atoms with Crippen LogP contribution >= 0.6 is 0 Å². The largest absolute Gasteiger partial charge is 0.478 e. The van der Waals surface area contributed by atoms with Gasteiger partial charge >= 0.3 is 5.97 Å². The molecule has 0 aliphatic heterocycles. The van der Waals surface area contributed by atoms with E-state index >= 15 is 0 Å². The van der Waals surface area contributed by atoms with Crippen molar-refractivity contribution in [1.29, 1.82) is 0 Å². The zero-order valence-electron chi connectivity index (χ0n) is 32.1. The Morgan fingerprint density at radius 3 is 1.97 bits per heavy atom. The summed E-state index contributed by atoms with van der Waals surface area (Å²) in [6.45, 7) is 2.94. The van der Waals surface area contributed by atoms with Gasteiger partial charge in [-0.25, -0.2) is 14.8 Å². The number of hydrogen-bond donors (Lipinski definition) is 3. The van der Waals surface area contributed by atoms with E-state index in [-0.39, 0.29) is 23.4 Å². The predicted octanol–water partition coefficient (Wildman–Crippen LogP) is 10.9. The van der Waals surface area contributed by atoms with Gasteiger partial charge in [-0.3, -0.25) is 14.6 Å². The molecule has 5 aromatic carbocycles. The molecule has 3 aromatic heterocycles. The molecule has 0 saturated heterocycles. The first kappa shape index (κ1) is 36.4. The van der Waals surface area contributed by atoms with Crippen LogP contribution in [0, 0.1) is 0 Å². The minimum Gasteiger partial charge on any atom is -0.478 e. The number of nitrogens with zero attached hydrogens (tertiary/aromatic N) is 4. The number of carboxylic acid groups (broad SMARTS) is 1. The second-order valence-corrected chi connectivity index (χ2v) is 15.0. The molecule has 286 valence electrons. The lowest BCUT2D eigenvalue weighted by Gasteiger charge is -2.26. The van der Waals surface area contributed by atoms with Gasteiger partial charge in [-0.2, -0.15) is 0 Å². The quantitative estimate of drug-likeness (QED) is 0.140. The van der Waals surface area contributed by atoms with Crippen LogP contribution in [0.15, 0.2) is 121 Å². The summed E-state index contributed by atoms with van der Waals surface area (Å²) in [7, 11) is 0. The molecule has 1 aliphatic carbocycles. The fraction of sp³-hybridized carbons (Fsp3) is 0.167. The molecule has 2 amide bonds. The van der Waals surface area contributed by atoms with Crippen LogP contribution in [0.5, 0.6) is 0 Å². The molecule has 3 heterocycles. The van der Waals surface area contributed by atoms with Gasteiger partial charge in [0.15, 0.2) is 0 Å². The standard InChI is InChI=1S/C48H40N6O4/c1-28(55)50-36-17-10-30(11-18-36)39-27-43-46(44(45(39)48(57)58)34-15-21-40-32(25-34)7-6-24-49-40)53-47(54(43)38-8-4-3-5-9-38)35-16-23-42-33(26-35)14-22-41(52-42)31-12-19-37(20-13-31)51-29(2)56/h6-7,10-27,38H,3-5,8-9H2,1-2H3,(H,50,55)(H,51,56)(H,57,58). The molecule has 1 saturated carbocycles. The lowest BCUT2D eigenvalue weighted by atomic mass is 9.89. The number of pyridine rings is 2. The molecule has 58 heavy (non-hydrogen) atoms. The van der Waals surface area contributed by atoms with Crippen molar-refractivity contribution in [2.45, 2.75) is 52.0 Å². The number of rotatable bonds is 8. The third-order valence-corrected chi connectivity index (χ3v) is 11.0. The van der Waals surface area contributed by atoms with Crippen molar-refractivity contribution in [3.63, 3.8) is 0 Å². The van der Waals surface area contributed by atoms with E-state index in [2.05, 4.69) is 38.4 Å². The first-order chi connectivity index (χ1) is 28.2. The molecule has 8 aromatic rings. The highest BCUT2D eigenvalue weighted by Gasteiger charge is 2.29. The van der Waals surface area contributed by atoms with Crippen molar-refractivity contribution < 1.29 is 19.5 Å². The van der Waals surface area contributed by atoms with Crippen LogP contribution in [0.1, 0.15) is 62.4 Å². The van der Waals surface area contributed by atoms with Gasteiger partial charge in [-0.15, -0.1) is 0 Å². The molecule has 0 spiro atoms. The minimum atomic E-state index is -1.06. The summed E-state index contributed by atoms with van der Waals surface area (Å²) >= 11 is 0. The van der Waals surface area contributed by atoms with E-state index in [0.29, 0.717) is 27.9 Å². The lowest BCUT2D eigenvalue weighted by molar-refractivity contribution is -0.115. The maximum atomic E-state index is 13.6. The molecule has 0 radical (unpaired) electrons. The summed E-state index contributed by atoms with van der Waals surface area (Å²) in [5, 5.41) is 18.6. The Morgan fingerprint density at radius 2 is 1.28 bits per heavy atom. The molecule has 0 unspecified atom stereocenters. The molecule has 0 atom stereocenters. The summed E-state index contributed by atoms with van der Waals surface area (Å²) in [6.07, 6.45) is 7.07. The van der Waals surface area contributed by atoms with Gasteiger partial charge in [0.25, 0.3) is 0 Å². The fourth-order valence-electron chi connectivity index (χ4n) is 8.39. The molecule has 3 N–H and O–H groups in total. The third kappa shape index (κ3) is 6.93. The Morgan fingerprint density at radius 1 is 0.655 bits per heavy atom. The minimum absolute atomic E-state index is 0.121. The van der Waals surface area contributed by atoms with Crippen LogP contribution in [-0.2, 0) is 9.59 Å². The van der Waals surface area contributed by atoms with Crippen molar-refractivity contribution in [3.8, 4) is 44.9 Å². The topological polar surface area (TPSA) is 139 Å². The number of anilines is 2. The van der Waals surface area contributed by atoms with Crippen LogP contribution in [0.2, 0.25) is 0 Å². The Labute approximate surface area is 334 Å². The third-order valence-electron chi connectivity index (χ3n) is 11.0. The number of carbonyl (C=O) groups is 3. The summed E-state index contributed by atoms with van der Waals surface area (Å²) in [5.41, 5.74) is 9.87. The monoisotopic (exact) mass is 764 g/mol. The zero-order chi connectivity index (χ0) is 39.9. The number of amides is 2. The Hall–Kier alpha value is -7.20. The number of carboxylic acids is 1. The average Bonchev–Trinajstić information content (AvgIpc) is 3.62. The van der Waals surface area contributed by atoms with Crippen LogP contribution in [-0.4, -0.2) is 42.4 Å². The number of hydrogen-bond acceptors (Lipinski definition) is 6. The summed E-state index contributed by atoms with van der Waals surface area (Å²) in [6, 6.07) is 37.1. The smallest absolute Gasteiger partial charge is 0.337 e. The molecule has 0 bridgehead atoms. The van der Waals surface area contributed by atoms with Crippen molar-refractivity contribution in [2.24, 2.45) is 0 Å². The molecule has 1 aliphatic rings. The average molecular weight is 765 g/mol. The first-order valence-corrected chi connectivity index (χ1v) is 19.5. The highest BCUT2D eigenvalue weighted by Crippen LogP contribution is 2.44. The van der Waals surface area contributed by atoms with Crippen LogP contribution < -0.4 is 10.6 Å². The Balaban J connectivity index is 1.26. The van der Waals surface area contributed by atoms with E-state index in [9.17, 15) is 19.5 Å². The highest BCUT2D eigenvalue weighted by molar-refractivity contribution is 6.13. The van der Waals surface area contributed by atoms with Gasteiger partial charge < -0.3 is 20.3 Å². The summed E-state index contributed by atoms with van der Waals surface area (Å²) in [4.78, 5) is 51.9. The van der Waals surface area contributed by atoms with Gasteiger partial charge in [-0.05, 0) is 102 Å². The second-order valence-electron chi connectivity index (χ2n) is 15.0. The van der Waals surface area contributed by atoms with Gasteiger partial charge in [0.1, 0.15) is 5.82 Å². The number of nitrogens with one attached hydrogen (secondary N) is 2. The van der Waals surface area contributed by atoms with Crippen LogP contribution in [0.3, 0.4) is 0 Å². The van der Waals surface area contributed by atoms with Crippen LogP contribution in [0.4, 0.5) is 11.4 Å². The van der Waals surface area contributed by atoms with Crippen molar-refractivity contribution in [1.82, 2.24) is 19.5 Å². The maximum absolute atomic E-state index is 13.6. The predicted molar refractivity (Wildman–Crippen MR) is 230 cm³/mol. The first-order valence-electron chi connectivity index (χ1n) is 19.5. The van der Waals surface area contributed by atoms with Gasteiger partial charge in [0, 0.05) is 64.9 Å². The van der Waals surface area contributed by atoms with E-state index < -0.39 is 5.97 Å². The van der Waals surface area contributed by atoms with Gasteiger partial charge in [0.2, 0.25) is 11.8 Å². The molecular formula is C48H40N6O4. The summed E-state index contributed by atoms with van der Waals surface area (Å²) < 4.78 is 2.35. The number of imidazole rings is 1. The maximum Gasteiger partial charge on any atom is 0.337 e. The van der Waals surface area contributed by atoms with Crippen molar-refractivity contribution in [3.05, 3.63) is 127 Å². The molecule has 9 rings (SSSR count). The molecule has 10 nitrogen and oxygen atoms in total. The summed E-state index contributed by atoms with van der Waals surface area (Å²) in [5.74, 6) is -0.587. The highest BCUT2D eigenvalue weighted by atomic mass is 16.4. The van der Waals surface area contributed by atoms with Crippen molar-refractivity contribution >= 4 is 62.0 Å². The zero-order valence-corrected chi connectivity index (χ0v) is 32.1. The Kier molecular flexibility index (Phi) is 9.45. The molecular weight excluding hydrogens is 725 g/mol. The molecule has 10 heteroatoms. The van der Waals surface area contributed by atoms with E-state index in [1.165, 1.54) is 20.3 Å². The lowest BCUT2D eigenvalue weighted by Crippen LogP contribution is -2.14. The number of aromatic carboxylic acids is 1. The number of aromatic nitrogens is 4. The van der Waals surface area contributed by atoms with Crippen LogP contribution in [0.25, 0.3) is 77.7 Å². The normalized spacial score (nSPS) is 13.2. The van der Waals surface area contributed by atoms with Crippen molar-refractivity contribution in [2.75, 3.05) is 10.6 Å². The van der Waals surface area contributed by atoms with E-state index in [1.807, 2.05) is 84.9 Å². The van der Waals surface area contributed by atoms with E-state index in [1.54, 1.807) is 18.3 Å².